The van der Waals surface area contributed by atoms with Crippen molar-refractivity contribution in [1.82, 2.24) is 4.90 Å². The van der Waals surface area contributed by atoms with Crippen LogP contribution in [0.15, 0.2) is 18.2 Å². The Balaban J connectivity index is 2.62. The Kier molecular flexibility index (Phi) is 5.92. The van der Waals surface area contributed by atoms with Gasteiger partial charge in [-0.25, -0.2) is 14.0 Å². The van der Waals surface area contributed by atoms with E-state index in [1.807, 2.05) is 0 Å². The highest BCUT2D eigenvalue weighted by atomic mass is 19.1. The van der Waals surface area contributed by atoms with Crippen LogP contribution in [0.1, 0.15) is 16.8 Å². The Labute approximate surface area is 116 Å². The van der Waals surface area contributed by atoms with E-state index >= 15 is 0 Å². The van der Waals surface area contributed by atoms with Gasteiger partial charge in [-0.05, 0) is 24.6 Å². The first-order valence-electron chi connectivity index (χ1n) is 5.99. The van der Waals surface area contributed by atoms with Gasteiger partial charge in [0.05, 0.1) is 5.56 Å². The maximum Gasteiger partial charge on any atom is 0.338 e. The van der Waals surface area contributed by atoms with E-state index in [0.29, 0.717) is 19.6 Å². The molecule has 0 aliphatic heterocycles. The number of nitrogens with zero attached hydrogens (tertiary/aromatic N) is 1. The number of nitrogens with one attached hydrogen (secondary N) is 1. The molecule has 0 heterocycles. The molecule has 1 aromatic rings. The molecule has 1 aromatic carbocycles. The molecule has 0 bridgehead atoms. The van der Waals surface area contributed by atoms with Crippen molar-refractivity contribution in [3.63, 3.8) is 0 Å². The van der Waals surface area contributed by atoms with Crippen LogP contribution in [-0.4, -0.2) is 49.3 Å². The summed E-state index contributed by atoms with van der Waals surface area (Å²) < 4.78 is 18.3. The smallest absolute Gasteiger partial charge is 0.338 e. The molecule has 0 saturated heterocycles. The Morgan fingerprint density at radius 2 is 2.15 bits per heavy atom. The summed E-state index contributed by atoms with van der Waals surface area (Å²) in [7, 11) is 3.18. The molecule has 0 aromatic heterocycles. The van der Waals surface area contributed by atoms with E-state index in [2.05, 4.69) is 5.32 Å². The van der Waals surface area contributed by atoms with E-state index in [4.69, 9.17) is 9.84 Å². The Hall–Kier alpha value is -2.15. The molecule has 0 unspecified atom stereocenters. The highest BCUT2D eigenvalue weighted by Gasteiger charge is 2.13. The number of rotatable bonds is 6. The minimum atomic E-state index is -1.35. The van der Waals surface area contributed by atoms with E-state index in [1.165, 1.54) is 11.0 Å². The van der Waals surface area contributed by atoms with Crippen LogP contribution in [0.25, 0.3) is 0 Å². The molecule has 2 N–H and O–H groups in total. The zero-order chi connectivity index (χ0) is 15.1. The molecule has 110 valence electrons. The van der Waals surface area contributed by atoms with E-state index in [0.717, 1.165) is 12.1 Å². The highest BCUT2D eigenvalue weighted by molar-refractivity contribution is 5.91. The van der Waals surface area contributed by atoms with Crippen LogP contribution < -0.4 is 5.32 Å². The Bertz CT molecular complexity index is 493. The lowest BCUT2D eigenvalue weighted by Crippen LogP contribution is -2.32. The summed E-state index contributed by atoms with van der Waals surface area (Å²) in [6.07, 6.45) is 0.687. The molecule has 7 heteroatoms. The maximum absolute atomic E-state index is 13.4. The number of carboxylic acid groups (broad SMARTS) is 1. The van der Waals surface area contributed by atoms with Gasteiger partial charge in [0, 0.05) is 33.0 Å². The summed E-state index contributed by atoms with van der Waals surface area (Å²) in [5.41, 5.74) is -0.229. The van der Waals surface area contributed by atoms with Gasteiger partial charge in [-0.3, -0.25) is 0 Å². The molecule has 0 saturated carbocycles. The third-order valence-electron chi connectivity index (χ3n) is 2.64. The second kappa shape index (κ2) is 7.44. The van der Waals surface area contributed by atoms with Crippen LogP contribution in [0.3, 0.4) is 0 Å². The minimum absolute atomic E-state index is 0.205. The van der Waals surface area contributed by atoms with Crippen molar-refractivity contribution in [3.05, 3.63) is 29.6 Å². The first kappa shape index (κ1) is 15.9. The molecule has 0 spiro atoms. The van der Waals surface area contributed by atoms with E-state index in [1.54, 1.807) is 14.2 Å². The van der Waals surface area contributed by atoms with Gasteiger partial charge in [0.2, 0.25) is 0 Å². The second-order valence-electron chi connectivity index (χ2n) is 4.20. The summed E-state index contributed by atoms with van der Waals surface area (Å²) >= 11 is 0. The Morgan fingerprint density at radius 3 is 2.70 bits per heavy atom. The van der Waals surface area contributed by atoms with Crippen molar-refractivity contribution >= 4 is 17.7 Å². The van der Waals surface area contributed by atoms with Gasteiger partial charge in [-0.2, -0.15) is 0 Å². The molecule has 1 rings (SSSR count). The molecule has 0 aliphatic rings. The predicted octanol–water partition coefficient (Wildman–Crippen LogP) is 2.02. The molecule has 0 aliphatic carbocycles. The van der Waals surface area contributed by atoms with Crippen molar-refractivity contribution in [1.29, 1.82) is 0 Å². The third kappa shape index (κ3) is 4.51. The average molecular weight is 284 g/mol. The van der Waals surface area contributed by atoms with Crippen molar-refractivity contribution in [2.45, 2.75) is 6.42 Å². The number of hydrogen-bond donors (Lipinski definition) is 2. The van der Waals surface area contributed by atoms with Gasteiger partial charge in [0.15, 0.2) is 0 Å². The minimum Gasteiger partial charge on any atom is -0.478 e. The standard InChI is InChI=1S/C13H17FN2O4/c1-16(6-3-7-20-2)13(19)15-9-4-5-10(12(17)18)11(14)8-9/h4-5,8H,3,6-7H2,1-2H3,(H,15,19)(H,17,18). The lowest BCUT2D eigenvalue weighted by atomic mass is 10.2. The van der Waals surface area contributed by atoms with Crippen LogP contribution in [0.5, 0.6) is 0 Å². The number of hydrogen-bond acceptors (Lipinski definition) is 3. The lowest BCUT2D eigenvalue weighted by molar-refractivity contribution is 0.0692. The zero-order valence-electron chi connectivity index (χ0n) is 11.4. The second-order valence-corrected chi connectivity index (χ2v) is 4.20. The monoisotopic (exact) mass is 284 g/mol. The SMILES string of the molecule is COCCCN(C)C(=O)Nc1ccc(C(=O)O)c(F)c1. The predicted molar refractivity (Wildman–Crippen MR) is 71.5 cm³/mol. The zero-order valence-corrected chi connectivity index (χ0v) is 11.4. The largest absolute Gasteiger partial charge is 0.478 e. The molecule has 20 heavy (non-hydrogen) atoms. The Morgan fingerprint density at radius 1 is 1.45 bits per heavy atom. The first-order valence-corrected chi connectivity index (χ1v) is 5.99. The van der Waals surface area contributed by atoms with E-state index in [-0.39, 0.29) is 5.69 Å². The number of anilines is 1. The fraction of sp³-hybridized carbons (Fsp3) is 0.385. The van der Waals surface area contributed by atoms with Crippen LogP contribution in [0, 0.1) is 5.82 Å². The molecular formula is C13H17FN2O4. The van der Waals surface area contributed by atoms with Gasteiger partial charge in [0.1, 0.15) is 5.82 Å². The number of carbonyl (C=O) groups is 2. The molecular weight excluding hydrogens is 267 g/mol. The molecule has 0 fully saturated rings. The number of carbonyl (C=O) groups excluding carboxylic acids is 1. The fourth-order valence-corrected chi connectivity index (χ4v) is 1.53. The number of aromatic carboxylic acids is 1. The normalized spacial score (nSPS) is 10.2. The fourth-order valence-electron chi connectivity index (χ4n) is 1.53. The maximum atomic E-state index is 13.4. The van der Waals surface area contributed by atoms with Gasteiger partial charge in [-0.1, -0.05) is 0 Å². The van der Waals surface area contributed by atoms with Crippen molar-refractivity contribution < 1.29 is 23.8 Å². The number of ether oxygens (including phenoxy) is 1. The van der Waals surface area contributed by atoms with Gasteiger partial charge < -0.3 is 20.1 Å². The number of methoxy groups -OCH3 is 1. The quantitative estimate of drug-likeness (QED) is 0.783. The van der Waals surface area contributed by atoms with Crippen LogP contribution in [-0.2, 0) is 4.74 Å². The summed E-state index contributed by atoms with van der Waals surface area (Å²) in [4.78, 5) is 23.9. The van der Waals surface area contributed by atoms with Crippen LogP contribution >= 0.6 is 0 Å². The molecule has 0 atom stereocenters. The van der Waals surface area contributed by atoms with Gasteiger partial charge in [0.25, 0.3) is 0 Å². The topological polar surface area (TPSA) is 78.9 Å². The van der Waals surface area contributed by atoms with Gasteiger partial charge in [-0.15, -0.1) is 0 Å². The lowest BCUT2D eigenvalue weighted by Gasteiger charge is -2.17. The number of urea groups is 1. The number of amides is 2. The highest BCUT2D eigenvalue weighted by Crippen LogP contribution is 2.15. The summed E-state index contributed by atoms with van der Waals surface area (Å²) in [6.45, 7) is 1.04. The van der Waals surface area contributed by atoms with Gasteiger partial charge >= 0.3 is 12.0 Å². The summed E-state index contributed by atoms with van der Waals surface area (Å²) in [5, 5.41) is 11.2. The van der Waals surface area contributed by atoms with Crippen molar-refractivity contribution in [2.24, 2.45) is 0 Å². The molecule has 0 radical (unpaired) electrons. The first-order chi connectivity index (χ1) is 9.45. The van der Waals surface area contributed by atoms with Crippen molar-refractivity contribution in [3.8, 4) is 0 Å². The van der Waals surface area contributed by atoms with Crippen LogP contribution in [0.2, 0.25) is 0 Å². The summed E-state index contributed by atoms with van der Waals surface area (Å²) in [5.74, 6) is -2.24. The van der Waals surface area contributed by atoms with Crippen molar-refractivity contribution in [2.75, 3.05) is 32.6 Å². The molecule has 2 amide bonds. The summed E-state index contributed by atoms with van der Waals surface area (Å²) in [6, 6.07) is 3.03. The van der Waals surface area contributed by atoms with E-state index in [9.17, 15) is 14.0 Å². The average Bonchev–Trinajstić information content (AvgIpc) is 2.38. The van der Waals surface area contributed by atoms with E-state index < -0.39 is 23.4 Å². The number of carboxylic acids is 1. The molecule has 6 nitrogen and oxygen atoms in total. The third-order valence-corrected chi connectivity index (χ3v) is 2.64. The number of benzene rings is 1. The van der Waals surface area contributed by atoms with Crippen LogP contribution in [0.4, 0.5) is 14.9 Å². The number of halogens is 1.